The standard InChI is InChI=1S/C13H18BrN/c14-13-4-2-1-3-12(13)6-5-11-7-9-15-10-8-11/h1-4,11,15H,5-10H2. The normalized spacial score (nSPS) is 17.9. The van der Waals surface area contributed by atoms with Crippen LogP contribution in [-0.2, 0) is 6.42 Å². The molecule has 0 atom stereocenters. The highest BCUT2D eigenvalue weighted by Crippen LogP contribution is 2.22. The number of nitrogens with one attached hydrogen (secondary N) is 1. The zero-order chi connectivity index (χ0) is 10.5. The minimum Gasteiger partial charge on any atom is -0.317 e. The Bertz CT molecular complexity index is 305. The summed E-state index contributed by atoms with van der Waals surface area (Å²) in [6.45, 7) is 2.42. The van der Waals surface area contributed by atoms with E-state index in [0.717, 1.165) is 5.92 Å². The van der Waals surface area contributed by atoms with Crippen LogP contribution in [0.3, 0.4) is 0 Å². The SMILES string of the molecule is Brc1ccccc1CCC1CCNCC1. The summed E-state index contributed by atoms with van der Waals surface area (Å²) in [5.74, 6) is 0.929. The van der Waals surface area contributed by atoms with Gasteiger partial charge in [0.15, 0.2) is 0 Å². The van der Waals surface area contributed by atoms with Gasteiger partial charge in [-0.25, -0.2) is 0 Å². The second-order valence-corrected chi connectivity index (χ2v) is 5.18. The lowest BCUT2D eigenvalue weighted by Gasteiger charge is -2.22. The van der Waals surface area contributed by atoms with Crippen LogP contribution in [0.1, 0.15) is 24.8 Å². The molecule has 0 spiro atoms. The zero-order valence-corrected chi connectivity index (χ0v) is 10.6. The Kier molecular flexibility index (Phi) is 4.21. The summed E-state index contributed by atoms with van der Waals surface area (Å²) < 4.78 is 1.26. The number of hydrogen-bond acceptors (Lipinski definition) is 1. The molecule has 1 fully saturated rings. The molecule has 82 valence electrons. The van der Waals surface area contributed by atoms with Crippen molar-refractivity contribution in [2.75, 3.05) is 13.1 Å². The Morgan fingerprint density at radius 1 is 1.20 bits per heavy atom. The summed E-state index contributed by atoms with van der Waals surface area (Å²) in [4.78, 5) is 0. The summed E-state index contributed by atoms with van der Waals surface area (Å²) in [5, 5.41) is 3.42. The van der Waals surface area contributed by atoms with Crippen LogP contribution in [0.25, 0.3) is 0 Å². The molecule has 0 bridgehead atoms. The van der Waals surface area contributed by atoms with Crippen molar-refractivity contribution in [2.24, 2.45) is 5.92 Å². The van der Waals surface area contributed by atoms with Gasteiger partial charge >= 0.3 is 0 Å². The second-order valence-electron chi connectivity index (χ2n) is 4.32. The molecule has 0 aromatic heterocycles. The van der Waals surface area contributed by atoms with Gasteiger partial charge in [-0.2, -0.15) is 0 Å². The number of piperidine rings is 1. The van der Waals surface area contributed by atoms with Crippen molar-refractivity contribution in [1.29, 1.82) is 0 Å². The fraction of sp³-hybridized carbons (Fsp3) is 0.538. The van der Waals surface area contributed by atoms with Crippen LogP contribution in [0.2, 0.25) is 0 Å². The summed E-state index contributed by atoms with van der Waals surface area (Å²) >= 11 is 3.61. The van der Waals surface area contributed by atoms with E-state index >= 15 is 0 Å². The van der Waals surface area contributed by atoms with Crippen molar-refractivity contribution in [1.82, 2.24) is 5.32 Å². The topological polar surface area (TPSA) is 12.0 Å². The van der Waals surface area contributed by atoms with Crippen LogP contribution in [0, 0.1) is 5.92 Å². The Balaban J connectivity index is 1.84. The van der Waals surface area contributed by atoms with E-state index in [4.69, 9.17) is 0 Å². The van der Waals surface area contributed by atoms with Crippen LogP contribution in [-0.4, -0.2) is 13.1 Å². The van der Waals surface area contributed by atoms with Gasteiger partial charge in [0, 0.05) is 4.47 Å². The molecular weight excluding hydrogens is 250 g/mol. The van der Waals surface area contributed by atoms with Gasteiger partial charge in [0.2, 0.25) is 0 Å². The van der Waals surface area contributed by atoms with Crippen LogP contribution < -0.4 is 5.32 Å². The molecule has 1 nitrogen and oxygen atoms in total. The number of rotatable bonds is 3. The molecular formula is C13H18BrN. The minimum absolute atomic E-state index is 0.929. The third kappa shape index (κ3) is 3.32. The van der Waals surface area contributed by atoms with E-state index in [1.54, 1.807) is 0 Å². The first-order valence-electron chi connectivity index (χ1n) is 5.80. The van der Waals surface area contributed by atoms with Crippen LogP contribution in [0.4, 0.5) is 0 Å². The van der Waals surface area contributed by atoms with E-state index in [1.165, 1.54) is 48.8 Å². The first-order valence-corrected chi connectivity index (χ1v) is 6.59. The average molecular weight is 268 g/mol. The molecule has 1 aromatic rings. The van der Waals surface area contributed by atoms with Gasteiger partial charge in [0.25, 0.3) is 0 Å². The lowest BCUT2D eigenvalue weighted by molar-refractivity contribution is 0.354. The molecule has 0 amide bonds. The van der Waals surface area contributed by atoms with E-state index < -0.39 is 0 Å². The van der Waals surface area contributed by atoms with Gasteiger partial charge in [-0.3, -0.25) is 0 Å². The third-order valence-electron chi connectivity index (χ3n) is 3.24. The predicted octanol–water partition coefficient (Wildman–Crippen LogP) is 3.38. The van der Waals surface area contributed by atoms with E-state index in [2.05, 4.69) is 45.5 Å². The molecule has 0 saturated carbocycles. The van der Waals surface area contributed by atoms with E-state index in [-0.39, 0.29) is 0 Å². The van der Waals surface area contributed by atoms with Gasteiger partial charge in [0.05, 0.1) is 0 Å². The molecule has 2 rings (SSSR count). The Labute approximate surface area is 100 Å². The maximum Gasteiger partial charge on any atom is 0.0207 e. The minimum atomic E-state index is 0.929. The smallest absolute Gasteiger partial charge is 0.0207 e. The molecule has 0 unspecified atom stereocenters. The monoisotopic (exact) mass is 267 g/mol. The number of benzene rings is 1. The first-order chi connectivity index (χ1) is 7.36. The highest BCUT2D eigenvalue weighted by atomic mass is 79.9. The Hall–Kier alpha value is -0.340. The number of hydrogen-bond donors (Lipinski definition) is 1. The molecule has 0 radical (unpaired) electrons. The highest BCUT2D eigenvalue weighted by molar-refractivity contribution is 9.10. The molecule has 1 saturated heterocycles. The van der Waals surface area contributed by atoms with Gasteiger partial charge in [-0.15, -0.1) is 0 Å². The lowest BCUT2D eigenvalue weighted by atomic mass is 9.91. The van der Waals surface area contributed by atoms with Gasteiger partial charge in [-0.1, -0.05) is 34.1 Å². The molecule has 1 N–H and O–H groups in total. The van der Waals surface area contributed by atoms with Crippen molar-refractivity contribution >= 4 is 15.9 Å². The second kappa shape index (κ2) is 5.66. The van der Waals surface area contributed by atoms with Crippen molar-refractivity contribution in [2.45, 2.75) is 25.7 Å². The van der Waals surface area contributed by atoms with Crippen molar-refractivity contribution in [3.8, 4) is 0 Å². The number of halogens is 1. The summed E-state index contributed by atoms with van der Waals surface area (Å²) in [6.07, 6.45) is 5.26. The lowest BCUT2D eigenvalue weighted by Crippen LogP contribution is -2.27. The highest BCUT2D eigenvalue weighted by Gasteiger charge is 2.12. The van der Waals surface area contributed by atoms with Gasteiger partial charge in [-0.05, 0) is 56.3 Å². The van der Waals surface area contributed by atoms with Crippen LogP contribution in [0.5, 0.6) is 0 Å². The molecule has 2 heteroatoms. The molecule has 1 heterocycles. The van der Waals surface area contributed by atoms with E-state index in [0.29, 0.717) is 0 Å². The molecule has 1 aromatic carbocycles. The quantitative estimate of drug-likeness (QED) is 0.886. The van der Waals surface area contributed by atoms with Crippen molar-refractivity contribution < 1.29 is 0 Å². The third-order valence-corrected chi connectivity index (χ3v) is 4.01. The first kappa shape index (κ1) is 11.2. The van der Waals surface area contributed by atoms with Gasteiger partial charge < -0.3 is 5.32 Å². The average Bonchev–Trinajstić information content (AvgIpc) is 2.29. The maximum absolute atomic E-state index is 3.61. The van der Waals surface area contributed by atoms with E-state index in [1.807, 2.05) is 0 Å². The molecule has 1 aliphatic heterocycles. The number of aryl methyl sites for hydroxylation is 1. The van der Waals surface area contributed by atoms with Gasteiger partial charge in [0.1, 0.15) is 0 Å². The summed E-state index contributed by atoms with van der Waals surface area (Å²) in [5.41, 5.74) is 1.45. The maximum atomic E-state index is 3.61. The van der Waals surface area contributed by atoms with Crippen molar-refractivity contribution in [3.05, 3.63) is 34.3 Å². The predicted molar refractivity (Wildman–Crippen MR) is 68.1 cm³/mol. The fourth-order valence-electron chi connectivity index (χ4n) is 2.23. The summed E-state index contributed by atoms with van der Waals surface area (Å²) in [7, 11) is 0. The van der Waals surface area contributed by atoms with Crippen LogP contribution in [0.15, 0.2) is 28.7 Å². The molecule has 0 aliphatic carbocycles. The molecule has 15 heavy (non-hydrogen) atoms. The van der Waals surface area contributed by atoms with Crippen LogP contribution >= 0.6 is 15.9 Å². The largest absolute Gasteiger partial charge is 0.317 e. The van der Waals surface area contributed by atoms with Crippen molar-refractivity contribution in [3.63, 3.8) is 0 Å². The Morgan fingerprint density at radius 2 is 1.93 bits per heavy atom. The fourth-order valence-corrected chi connectivity index (χ4v) is 2.71. The van der Waals surface area contributed by atoms with E-state index in [9.17, 15) is 0 Å². The Morgan fingerprint density at radius 3 is 2.67 bits per heavy atom. The molecule has 1 aliphatic rings. The zero-order valence-electron chi connectivity index (χ0n) is 9.01. The summed E-state index contributed by atoms with van der Waals surface area (Å²) in [6, 6.07) is 8.57.